The zero-order valence-corrected chi connectivity index (χ0v) is 9.01. The smallest absolute Gasteiger partial charge is 0.226 e. The first-order valence-corrected chi connectivity index (χ1v) is 5.83. The zero-order valence-electron chi connectivity index (χ0n) is 8.19. The average molecular weight is 207 g/mol. The molecule has 0 fully saturated rings. The van der Waals surface area contributed by atoms with Crippen LogP contribution in [0.5, 0.6) is 0 Å². The van der Waals surface area contributed by atoms with Crippen LogP contribution in [0.2, 0.25) is 0 Å². The molecule has 0 saturated heterocycles. The molecule has 0 spiro atoms. The Morgan fingerprint density at radius 2 is 2.29 bits per heavy atom. The van der Waals surface area contributed by atoms with Crippen LogP contribution in [0.3, 0.4) is 0 Å². The number of amides is 1. The Balaban J connectivity index is 2.35. The van der Waals surface area contributed by atoms with Gasteiger partial charge in [-0.2, -0.15) is 0 Å². The second kappa shape index (κ2) is 4.05. The third kappa shape index (κ3) is 1.64. The van der Waals surface area contributed by atoms with E-state index in [-0.39, 0.29) is 5.91 Å². The molecule has 1 aliphatic heterocycles. The van der Waals surface area contributed by atoms with Crippen molar-refractivity contribution in [3.8, 4) is 0 Å². The first-order valence-electron chi connectivity index (χ1n) is 4.85. The van der Waals surface area contributed by atoms with E-state index >= 15 is 0 Å². The van der Waals surface area contributed by atoms with Gasteiger partial charge in [0.2, 0.25) is 5.91 Å². The number of para-hydroxylation sites is 1. The molecule has 0 unspecified atom stereocenters. The number of anilines is 1. The summed E-state index contributed by atoms with van der Waals surface area (Å²) in [5.74, 6) is 1.22. The van der Waals surface area contributed by atoms with Crippen molar-refractivity contribution in [1.82, 2.24) is 0 Å². The number of hydrogen-bond donors (Lipinski definition) is 0. The van der Waals surface area contributed by atoms with Crippen molar-refractivity contribution in [2.75, 3.05) is 17.2 Å². The highest BCUT2D eigenvalue weighted by atomic mass is 32.2. The number of thioether (sulfide) groups is 1. The number of rotatable bonds is 1. The Labute approximate surface area is 88.3 Å². The fourth-order valence-electron chi connectivity index (χ4n) is 1.62. The molecule has 14 heavy (non-hydrogen) atoms. The third-order valence-corrected chi connectivity index (χ3v) is 3.37. The number of carbonyl (C=O) groups is 1. The Bertz CT molecular complexity index is 351. The lowest BCUT2D eigenvalue weighted by Gasteiger charge is -2.28. The van der Waals surface area contributed by atoms with Gasteiger partial charge in [-0.1, -0.05) is 19.1 Å². The van der Waals surface area contributed by atoms with Gasteiger partial charge in [-0.05, 0) is 12.1 Å². The van der Waals surface area contributed by atoms with Crippen LogP contribution in [-0.2, 0) is 4.79 Å². The van der Waals surface area contributed by atoms with Crippen LogP contribution in [-0.4, -0.2) is 18.2 Å². The quantitative estimate of drug-likeness (QED) is 0.705. The molecule has 0 aliphatic carbocycles. The normalized spacial score (nSPS) is 15.1. The van der Waals surface area contributed by atoms with E-state index in [1.165, 1.54) is 4.90 Å². The molecule has 74 valence electrons. The second-order valence-electron chi connectivity index (χ2n) is 3.22. The summed E-state index contributed by atoms with van der Waals surface area (Å²) in [6, 6.07) is 8.11. The Morgan fingerprint density at radius 3 is 3.07 bits per heavy atom. The summed E-state index contributed by atoms with van der Waals surface area (Å²) in [7, 11) is 0. The second-order valence-corrected chi connectivity index (χ2v) is 4.35. The molecular formula is C11H13NOS. The van der Waals surface area contributed by atoms with Gasteiger partial charge in [-0.15, -0.1) is 11.8 Å². The lowest BCUT2D eigenvalue weighted by molar-refractivity contribution is -0.118. The molecule has 2 rings (SSSR count). The van der Waals surface area contributed by atoms with Crippen LogP contribution in [0, 0.1) is 0 Å². The Morgan fingerprint density at radius 1 is 1.50 bits per heavy atom. The molecule has 0 aromatic heterocycles. The number of nitrogens with zero attached hydrogens (tertiary/aromatic N) is 1. The van der Waals surface area contributed by atoms with E-state index in [9.17, 15) is 4.79 Å². The molecule has 3 heteroatoms. The Kier molecular flexibility index (Phi) is 2.77. The van der Waals surface area contributed by atoms with Gasteiger partial charge in [-0.3, -0.25) is 4.79 Å². The van der Waals surface area contributed by atoms with Gasteiger partial charge in [0.15, 0.2) is 0 Å². The van der Waals surface area contributed by atoms with E-state index in [4.69, 9.17) is 0 Å². The largest absolute Gasteiger partial charge is 0.310 e. The van der Waals surface area contributed by atoms with Crippen LogP contribution in [0.25, 0.3) is 0 Å². The lowest BCUT2D eigenvalue weighted by atomic mass is 10.2. The predicted octanol–water partition coefficient (Wildman–Crippen LogP) is 2.54. The zero-order chi connectivity index (χ0) is 9.97. The molecule has 1 amide bonds. The van der Waals surface area contributed by atoms with Crippen molar-refractivity contribution in [2.45, 2.75) is 18.2 Å². The minimum atomic E-state index is 0.220. The van der Waals surface area contributed by atoms with Gasteiger partial charge >= 0.3 is 0 Å². The maximum absolute atomic E-state index is 11.6. The highest BCUT2D eigenvalue weighted by Crippen LogP contribution is 2.34. The molecule has 1 heterocycles. The molecular weight excluding hydrogens is 194 g/mol. The summed E-state index contributed by atoms with van der Waals surface area (Å²) in [6.45, 7) is 2.75. The van der Waals surface area contributed by atoms with Crippen molar-refractivity contribution in [1.29, 1.82) is 0 Å². The van der Waals surface area contributed by atoms with E-state index < -0.39 is 0 Å². The summed E-state index contributed by atoms with van der Waals surface area (Å²) in [4.78, 5) is 14.8. The first kappa shape index (κ1) is 9.59. The van der Waals surface area contributed by atoms with Crippen LogP contribution in [0.4, 0.5) is 5.69 Å². The minimum Gasteiger partial charge on any atom is -0.310 e. The van der Waals surface area contributed by atoms with Crippen LogP contribution >= 0.6 is 11.8 Å². The summed E-state index contributed by atoms with van der Waals surface area (Å²) >= 11 is 1.83. The van der Waals surface area contributed by atoms with E-state index in [0.29, 0.717) is 6.42 Å². The van der Waals surface area contributed by atoms with E-state index in [1.54, 1.807) is 0 Å². The molecule has 0 bridgehead atoms. The summed E-state index contributed by atoms with van der Waals surface area (Å²) in [5.41, 5.74) is 1.08. The van der Waals surface area contributed by atoms with Crippen LogP contribution in [0.15, 0.2) is 29.2 Å². The molecule has 0 N–H and O–H groups in total. The van der Waals surface area contributed by atoms with Crippen molar-refractivity contribution < 1.29 is 4.79 Å². The third-order valence-electron chi connectivity index (χ3n) is 2.33. The fraction of sp³-hybridized carbons (Fsp3) is 0.364. The van der Waals surface area contributed by atoms with Crippen molar-refractivity contribution >= 4 is 23.4 Å². The lowest BCUT2D eigenvalue weighted by Crippen LogP contribution is -2.34. The van der Waals surface area contributed by atoms with Gasteiger partial charge in [0.05, 0.1) is 5.69 Å². The molecule has 1 aromatic carbocycles. The highest BCUT2D eigenvalue weighted by molar-refractivity contribution is 7.99. The molecule has 2 nitrogen and oxygen atoms in total. The number of hydrogen-bond acceptors (Lipinski definition) is 2. The molecule has 0 atom stereocenters. The van der Waals surface area contributed by atoms with E-state index in [1.807, 2.05) is 41.8 Å². The average Bonchev–Trinajstić information content (AvgIpc) is 2.27. The van der Waals surface area contributed by atoms with E-state index in [2.05, 4.69) is 6.07 Å². The van der Waals surface area contributed by atoms with Crippen LogP contribution in [0.1, 0.15) is 13.3 Å². The molecule has 1 aromatic rings. The maximum atomic E-state index is 11.6. The van der Waals surface area contributed by atoms with E-state index in [0.717, 1.165) is 18.0 Å². The summed E-state index contributed by atoms with van der Waals surface area (Å²) < 4.78 is 0. The summed E-state index contributed by atoms with van der Waals surface area (Å²) in [5, 5.41) is 0. The maximum Gasteiger partial charge on any atom is 0.226 e. The van der Waals surface area contributed by atoms with Gasteiger partial charge in [-0.25, -0.2) is 0 Å². The predicted molar refractivity (Wildman–Crippen MR) is 59.8 cm³/mol. The van der Waals surface area contributed by atoms with Gasteiger partial charge in [0.25, 0.3) is 0 Å². The van der Waals surface area contributed by atoms with Gasteiger partial charge in [0, 0.05) is 23.6 Å². The van der Waals surface area contributed by atoms with Crippen molar-refractivity contribution in [3.05, 3.63) is 24.3 Å². The fourth-order valence-corrected chi connectivity index (χ4v) is 2.61. The molecule has 0 saturated carbocycles. The molecule has 1 aliphatic rings. The van der Waals surface area contributed by atoms with Crippen molar-refractivity contribution in [3.63, 3.8) is 0 Å². The number of benzene rings is 1. The minimum absolute atomic E-state index is 0.220. The van der Waals surface area contributed by atoms with Crippen LogP contribution < -0.4 is 4.90 Å². The number of carbonyl (C=O) groups excluding carboxylic acids is 1. The topological polar surface area (TPSA) is 20.3 Å². The standard InChI is InChI=1S/C11H13NOS/c1-2-11(13)12-7-8-14-10-6-4-3-5-9(10)12/h3-6H,2,7-8H2,1H3. The Hall–Kier alpha value is -0.960. The summed E-state index contributed by atoms with van der Waals surface area (Å²) in [6.07, 6.45) is 0.582. The van der Waals surface area contributed by atoms with Gasteiger partial charge in [0.1, 0.15) is 0 Å². The number of fused-ring (bicyclic) bond motifs is 1. The van der Waals surface area contributed by atoms with Crippen molar-refractivity contribution in [2.24, 2.45) is 0 Å². The first-order chi connectivity index (χ1) is 6.83. The molecule has 0 radical (unpaired) electrons. The highest BCUT2D eigenvalue weighted by Gasteiger charge is 2.20. The SMILES string of the molecule is CCC(=O)N1CCSc2ccccc21. The monoisotopic (exact) mass is 207 g/mol. The van der Waals surface area contributed by atoms with Gasteiger partial charge < -0.3 is 4.90 Å².